The molecule has 0 bridgehead atoms. The van der Waals surface area contributed by atoms with Crippen LogP contribution in [0.2, 0.25) is 5.02 Å². The van der Waals surface area contributed by atoms with Crippen LogP contribution in [0.25, 0.3) is 11.3 Å². The molecule has 0 atom stereocenters. The maximum atomic E-state index is 11.8. The summed E-state index contributed by atoms with van der Waals surface area (Å²) in [5, 5.41) is 9.97. The van der Waals surface area contributed by atoms with E-state index in [1.807, 2.05) is 6.07 Å². The van der Waals surface area contributed by atoms with Gasteiger partial charge in [0.1, 0.15) is 11.6 Å². The minimum atomic E-state index is -0.462. The van der Waals surface area contributed by atoms with Crippen LogP contribution >= 0.6 is 39.3 Å². The molecule has 0 unspecified atom stereocenters. The van der Waals surface area contributed by atoms with Crippen molar-refractivity contribution in [2.45, 2.75) is 5.16 Å². The Hall–Kier alpha value is -1.29. The lowest BCUT2D eigenvalue weighted by Gasteiger charge is -2.07. The minimum Gasteiger partial charge on any atom is -0.300 e. The summed E-state index contributed by atoms with van der Waals surface area (Å²) in [6.07, 6.45) is 1.79. The van der Waals surface area contributed by atoms with Crippen LogP contribution in [0.4, 0.5) is 0 Å². The maximum absolute atomic E-state index is 11.8. The lowest BCUT2D eigenvalue weighted by molar-refractivity contribution is 0.937. The molecule has 19 heavy (non-hydrogen) atoms. The summed E-state index contributed by atoms with van der Waals surface area (Å²) in [6.45, 7) is 0. The molecule has 4 nitrogen and oxygen atoms in total. The predicted octanol–water partition coefficient (Wildman–Crippen LogP) is 3.45. The van der Waals surface area contributed by atoms with E-state index in [1.54, 1.807) is 24.5 Å². The van der Waals surface area contributed by atoms with Crippen molar-refractivity contribution in [3.63, 3.8) is 0 Å². The molecule has 0 spiro atoms. The number of aromatic amines is 1. The van der Waals surface area contributed by atoms with Crippen LogP contribution in [-0.4, -0.2) is 16.2 Å². The molecule has 1 N–H and O–H groups in total. The zero-order chi connectivity index (χ0) is 14.0. The molecule has 1 aromatic heterocycles. The summed E-state index contributed by atoms with van der Waals surface area (Å²) in [7, 11) is 0. The Labute approximate surface area is 127 Å². The fourth-order valence-corrected chi connectivity index (χ4v) is 2.67. The second-order valence-electron chi connectivity index (χ2n) is 3.53. The molecule has 0 saturated carbocycles. The number of nitrogens with one attached hydrogen (secondary N) is 1. The Morgan fingerprint density at radius 2 is 2.26 bits per heavy atom. The second-order valence-corrected chi connectivity index (χ2v) is 5.65. The zero-order valence-electron chi connectivity index (χ0n) is 9.70. The van der Waals surface area contributed by atoms with Crippen molar-refractivity contribution in [2.75, 3.05) is 6.26 Å². The number of nitriles is 1. The van der Waals surface area contributed by atoms with Crippen molar-refractivity contribution in [3.8, 4) is 17.3 Å². The fraction of sp³-hybridized carbons (Fsp3) is 0.0833. The number of nitrogens with zero attached hydrogens (tertiary/aromatic N) is 2. The van der Waals surface area contributed by atoms with Gasteiger partial charge in [-0.2, -0.15) is 5.26 Å². The Kier molecular flexibility index (Phi) is 4.30. The van der Waals surface area contributed by atoms with E-state index in [4.69, 9.17) is 16.9 Å². The van der Waals surface area contributed by atoms with E-state index in [9.17, 15) is 4.79 Å². The third-order valence-electron chi connectivity index (χ3n) is 2.39. The highest BCUT2D eigenvalue weighted by Gasteiger charge is 2.15. The van der Waals surface area contributed by atoms with Gasteiger partial charge >= 0.3 is 0 Å². The highest BCUT2D eigenvalue weighted by molar-refractivity contribution is 9.10. The van der Waals surface area contributed by atoms with Crippen molar-refractivity contribution < 1.29 is 0 Å². The average Bonchev–Trinajstić information content (AvgIpc) is 2.37. The van der Waals surface area contributed by atoms with Gasteiger partial charge in [-0.1, -0.05) is 45.4 Å². The number of rotatable bonds is 2. The molecule has 2 rings (SSSR count). The molecule has 96 valence electrons. The summed E-state index contributed by atoms with van der Waals surface area (Å²) < 4.78 is 0.815. The highest BCUT2D eigenvalue weighted by atomic mass is 79.9. The summed E-state index contributed by atoms with van der Waals surface area (Å²) in [5.74, 6) is 0. The number of halogens is 2. The average molecular weight is 357 g/mol. The Bertz CT molecular complexity index is 739. The normalized spacial score (nSPS) is 10.2. The van der Waals surface area contributed by atoms with Crippen LogP contribution in [0.1, 0.15) is 5.56 Å². The van der Waals surface area contributed by atoms with Crippen LogP contribution in [0, 0.1) is 11.3 Å². The Balaban J connectivity index is 2.77. The van der Waals surface area contributed by atoms with Gasteiger partial charge in [0.25, 0.3) is 5.56 Å². The first-order valence-corrected chi connectivity index (χ1v) is 7.50. The summed E-state index contributed by atoms with van der Waals surface area (Å²) in [4.78, 5) is 18.6. The fourth-order valence-electron chi connectivity index (χ4n) is 1.53. The molecule has 0 aliphatic rings. The van der Waals surface area contributed by atoms with E-state index in [1.165, 1.54) is 11.8 Å². The number of H-pyrrole nitrogens is 1. The van der Waals surface area contributed by atoms with E-state index in [-0.39, 0.29) is 5.56 Å². The van der Waals surface area contributed by atoms with Gasteiger partial charge in [0.15, 0.2) is 5.16 Å². The number of thioether (sulfide) groups is 1. The van der Waals surface area contributed by atoms with Gasteiger partial charge < -0.3 is 4.98 Å². The number of hydrogen-bond donors (Lipinski definition) is 1. The molecule has 1 heterocycles. The number of hydrogen-bond acceptors (Lipinski definition) is 4. The molecule has 2 aromatic rings. The summed E-state index contributed by atoms with van der Waals surface area (Å²) in [6, 6.07) is 7.07. The summed E-state index contributed by atoms with van der Waals surface area (Å²) in [5.41, 5.74) is 0.355. The van der Waals surface area contributed by atoms with Gasteiger partial charge in [0.05, 0.1) is 10.7 Å². The molecule has 0 aliphatic heterocycles. The van der Waals surface area contributed by atoms with E-state index in [2.05, 4.69) is 25.9 Å². The quantitative estimate of drug-likeness (QED) is 0.661. The lowest BCUT2D eigenvalue weighted by atomic mass is 10.1. The predicted molar refractivity (Wildman–Crippen MR) is 79.5 cm³/mol. The number of benzene rings is 1. The second kappa shape index (κ2) is 5.78. The largest absolute Gasteiger partial charge is 0.300 e. The first kappa shape index (κ1) is 14.1. The SMILES string of the molecule is CSc1nc(-c2ccc(Br)cc2Cl)c(C#N)c(=O)[nH]1. The van der Waals surface area contributed by atoms with Crippen molar-refractivity contribution in [2.24, 2.45) is 0 Å². The molecule has 0 aliphatic carbocycles. The Morgan fingerprint density at radius 1 is 1.53 bits per heavy atom. The van der Waals surface area contributed by atoms with Crippen LogP contribution in [0.3, 0.4) is 0 Å². The van der Waals surface area contributed by atoms with E-state index < -0.39 is 5.56 Å². The zero-order valence-corrected chi connectivity index (χ0v) is 12.9. The van der Waals surface area contributed by atoms with E-state index >= 15 is 0 Å². The molecule has 0 saturated heterocycles. The first-order chi connectivity index (χ1) is 9.06. The van der Waals surface area contributed by atoms with Crippen LogP contribution in [-0.2, 0) is 0 Å². The molecule has 1 aromatic carbocycles. The minimum absolute atomic E-state index is 0.0398. The van der Waals surface area contributed by atoms with Gasteiger partial charge in [0.2, 0.25) is 0 Å². The van der Waals surface area contributed by atoms with Crippen LogP contribution in [0.5, 0.6) is 0 Å². The van der Waals surface area contributed by atoms with E-state index in [0.29, 0.717) is 21.4 Å². The van der Waals surface area contributed by atoms with Crippen LogP contribution < -0.4 is 5.56 Å². The molecule has 0 fully saturated rings. The molecule has 0 amide bonds. The number of aromatic nitrogens is 2. The monoisotopic (exact) mass is 355 g/mol. The van der Waals surface area contributed by atoms with E-state index in [0.717, 1.165) is 4.47 Å². The summed E-state index contributed by atoms with van der Waals surface area (Å²) >= 11 is 10.7. The van der Waals surface area contributed by atoms with Gasteiger partial charge in [-0.15, -0.1) is 0 Å². The molecule has 7 heteroatoms. The topological polar surface area (TPSA) is 69.5 Å². The maximum Gasteiger partial charge on any atom is 0.270 e. The Morgan fingerprint density at radius 3 is 2.84 bits per heavy atom. The molecular weight excluding hydrogens is 350 g/mol. The smallest absolute Gasteiger partial charge is 0.270 e. The van der Waals surface area contributed by atoms with Gasteiger partial charge in [-0.3, -0.25) is 4.79 Å². The van der Waals surface area contributed by atoms with Gasteiger partial charge in [0, 0.05) is 10.0 Å². The van der Waals surface area contributed by atoms with Gasteiger partial charge in [-0.05, 0) is 18.4 Å². The lowest BCUT2D eigenvalue weighted by Crippen LogP contribution is -2.14. The van der Waals surface area contributed by atoms with Gasteiger partial charge in [-0.25, -0.2) is 4.98 Å². The van der Waals surface area contributed by atoms with Crippen molar-refractivity contribution in [1.29, 1.82) is 5.26 Å². The third-order valence-corrected chi connectivity index (χ3v) is 3.78. The first-order valence-electron chi connectivity index (χ1n) is 5.10. The van der Waals surface area contributed by atoms with Crippen molar-refractivity contribution in [3.05, 3.63) is 43.6 Å². The molecular formula is C12H7BrClN3OS. The van der Waals surface area contributed by atoms with Crippen LogP contribution in [0.15, 0.2) is 32.6 Å². The van der Waals surface area contributed by atoms with Crippen molar-refractivity contribution >= 4 is 39.3 Å². The standard InChI is InChI=1S/C12H7BrClN3OS/c1-19-12-16-10(8(5-15)11(18)17-12)7-3-2-6(13)4-9(7)14/h2-4H,1H3,(H,16,17,18). The highest BCUT2D eigenvalue weighted by Crippen LogP contribution is 2.30. The molecule has 0 radical (unpaired) electrons. The third kappa shape index (κ3) is 2.84. The van der Waals surface area contributed by atoms with Crippen molar-refractivity contribution in [1.82, 2.24) is 9.97 Å².